The largest absolute Gasteiger partial charge is 0.493 e. The van der Waals surface area contributed by atoms with Gasteiger partial charge in [-0.3, -0.25) is 9.69 Å². The Kier molecular flexibility index (Phi) is 6.24. The molecule has 4 rings (SSSR count). The highest BCUT2D eigenvalue weighted by atomic mass is 19.4. The van der Waals surface area contributed by atoms with Gasteiger partial charge in [0.1, 0.15) is 11.3 Å². The molecule has 1 unspecified atom stereocenters. The molecule has 1 saturated heterocycles. The van der Waals surface area contributed by atoms with Gasteiger partial charge in [0.25, 0.3) is 5.91 Å². The lowest BCUT2D eigenvalue weighted by atomic mass is 9.92. The molecular weight excluding hydrogens is 451 g/mol. The Bertz CT molecular complexity index is 1210. The number of nitrogens with zero attached hydrogens (tertiary/aromatic N) is 2. The number of carbonyl (C=O) groups is 2. The van der Waals surface area contributed by atoms with E-state index in [0.717, 1.165) is 4.90 Å². The zero-order valence-electron chi connectivity index (χ0n) is 18.7. The molecule has 2 heterocycles. The third-order valence-electron chi connectivity index (χ3n) is 5.88. The van der Waals surface area contributed by atoms with E-state index < -0.39 is 23.4 Å². The fourth-order valence-electron chi connectivity index (χ4n) is 4.14. The lowest BCUT2D eigenvalue weighted by Gasteiger charge is -2.22. The molecule has 3 amide bonds. The summed E-state index contributed by atoms with van der Waals surface area (Å²) in [5, 5.41) is 5.85. The summed E-state index contributed by atoms with van der Waals surface area (Å²) in [5.41, 5.74) is -0.948. The van der Waals surface area contributed by atoms with Crippen LogP contribution in [0.1, 0.15) is 43.5 Å². The van der Waals surface area contributed by atoms with Crippen LogP contribution in [0.4, 0.5) is 18.0 Å². The summed E-state index contributed by atoms with van der Waals surface area (Å²) in [6.45, 7) is 3.85. The number of hydrogen-bond acceptors (Lipinski definition) is 5. The monoisotopic (exact) mass is 475 g/mol. The van der Waals surface area contributed by atoms with Crippen molar-refractivity contribution < 1.29 is 32.0 Å². The number of rotatable bonds is 8. The summed E-state index contributed by atoms with van der Waals surface area (Å²) in [6.07, 6.45) is -3.16. The third-order valence-corrected chi connectivity index (χ3v) is 5.88. The van der Waals surface area contributed by atoms with Gasteiger partial charge in [0, 0.05) is 12.1 Å². The second kappa shape index (κ2) is 9.00. The van der Waals surface area contributed by atoms with Crippen molar-refractivity contribution in [2.45, 2.75) is 44.8 Å². The number of alkyl halides is 3. The van der Waals surface area contributed by atoms with Crippen molar-refractivity contribution >= 4 is 22.9 Å². The van der Waals surface area contributed by atoms with Gasteiger partial charge in [-0.2, -0.15) is 13.2 Å². The predicted octanol–water partition coefficient (Wildman–Crippen LogP) is 5.04. The van der Waals surface area contributed by atoms with E-state index in [4.69, 9.17) is 9.26 Å². The average Bonchev–Trinajstić information content (AvgIpc) is 3.33. The minimum absolute atomic E-state index is 0.0550. The standard InChI is InChI=1S/C24H24F3N3O4/c1-3-8-16-18(12-11-17-19(16)34-29-20(17)24(25,26)27)33-14-7-13-30-21(31)23(2,28-22(30)32)15-9-5-4-6-10-15/h4-6,9-12H,3,7-8,13-14H2,1-2H3,(H,28,32). The van der Waals surface area contributed by atoms with Crippen LogP contribution in [-0.4, -0.2) is 35.1 Å². The summed E-state index contributed by atoms with van der Waals surface area (Å²) in [7, 11) is 0. The number of urea groups is 1. The van der Waals surface area contributed by atoms with E-state index in [-0.39, 0.29) is 30.0 Å². The minimum atomic E-state index is -4.62. The zero-order valence-corrected chi connectivity index (χ0v) is 18.7. The highest BCUT2D eigenvalue weighted by Gasteiger charge is 2.48. The lowest BCUT2D eigenvalue weighted by molar-refractivity contribution is -0.141. The smallest absolute Gasteiger partial charge is 0.437 e. The number of benzene rings is 2. The summed E-state index contributed by atoms with van der Waals surface area (Å²) in [5.74, 6) is 0.0451. The average molecular weight is 475 g/mol. The van der Waals surface area contributed by atoms with E-state index >= 15 is 0 Å². The molecule has 180 valence electrons. The van der Waals surface area contributed by atoms with E-state index in [1.165, 1.54) is 12.1 Å². The Morgan fingerprint density at radius 3 is 2.56 bits per heavy atom. The summed E-state index contributed by atoms with van der Waals surface area (Å²) in [6, 6.07) is 11.3. The molecule has 0 spiro atoms. The molecule has 34 heavy (non-hydrogen) atoms. The van der Waals surface area contributed by atoms with Crippen molar-refractivity contribution in [2.75, 3.05) is 13.2 Å². The van der Waals surface area contributed by atoms with Gasteiger partial charge in [0.2, 0.25) is 0 Å². The number of halogens is 3. The Balaban J connectivity index is 1.44. The van der Waals surface area contributed by atoms with E-state index in [0.29, 0.717) is 36.1 Å². The maximum Gasteiger partial charge on any atom is 0.437 e. The van der Waals surface area contributed by atoms with Gasteiger partial charge in [-0.05, 0) is 37.5 Å². The summed E-state index contributed by atoms with van der Waals surface area (Å²) < 4.78 is 50.4. The van der Waals surface area contributed by atoms with E-state index in [9.17, 15) is 22.8 Å². The SMILES string of the molecule is CCCc1c(OCCCN2C(=O)NC(C)(c3ccccc3)C2=O)ccc2c(C(F)(F)F)noc12. The van der Waals surface area contributed by atoms with Crippen LogP contribution in [-0.2, 0) is 22.9 Å². The molecule has 0 radical (unpaired) electrons. The topological polar surface area (TPSA) is 84.7 Å². The number of imide groups is 1. The number of hydrogen-bond donors (Lipinski definition) is 1. The first-order chi connectivity index (χ1) is 16.2. The van der Waals surface area contributed by atoms with Crippen LogP contribution >= 0.6 is 0 Å². The fourth-order valence-corrected chi connectivity index (χ4v) is 4.14. The van der Waals surface area contributed by atoms with Gasteiger partial charge < -0.3 is 14.6 Å². The van der Waals surface area contributed by atoms with Crippen LogP contribution in [0.2, 0.25) is 0 Å². The van der Waals surface area contributed by atoms with E-state index in [1.54, 1.807) is 31.2 Å². The molecule has 7 nitrogen and oxygen atoms in total. The molecule has 10 heteroatoms. The van der Waals surface area contributed by atoms with Gasteiger partial charge >= 0.3 is 12.2 Å². The van der Waals surface area contributed by atoms with Crippen molar-refractivity contribution in [3.63, 3.8) is 0 Å². The Labute approximate surface area is 193 Å². The predicted molar refractivity (Wildman–Crippen MR) is 117 cm³/mol. The molecule has 1 aromatic heterocycles. The molecule has 1 aliphatic rings. The normalized spacial score (nSPS) is 18.6. The lowest BCUT2D eigenvalue weighted by Crippen LogP contribution is -2.41. The molecule has 2 aromatic carbocycles. The van der Waals surface area contributed by atoms with Gasteiger partial charge in [0.15, 0.2) is 11.3 Å². The number of aromatic nitrogens is 1. The maximum atomic E-state index is 13.2. The van der Waals surface area contributed by atoms with Crippen molar-refractivity contribution in [1.82, 2.24) is 15.4 Å². The first kappa shape index (κ1) is 23.6. The molecule has 1 N–H and O–H groups in total. The molecule has 0 aliphatic carbocycles. The highest BCUT2D eigenvalue weighted by molar-refractivity contribution is 6.07. The van der Waals surface area contributed by atoms with Crippen molar-refractivity contribution in [3.8, 4) is 5.75 Å². The molecule has 1 aliphatic heterocycles. The van der Waals surface area contributed by atoms with Crippen molar-refractivity contribution in [2.24, 2.45) is 0 Å². The molecule has 0 saturated carbocycles. The third kappa shape index (κ3) is 4.20. The van der Waals surface area contributed by atoms with Crippen LogP contribution in [0.15, 0.2) is 47.0 Å². The number of ether oxygens (including phenoxy) is 1. The number of carbonyl (C=O) groups excluding carboxylic acids is 2. The summed E-state index contributed by atoms with van der Waals surface area (Å²) in [4.78, 5) is 26.6. The fraction of sp³-hybridized carbons (Fsp3) is 0.375. The second-order valence-electron chi connectivity index (χ2n) is 8.28. The summed E-state index contributed by atoms with van der Waals surface area (Å²) >= 11 is 0. The number of aryl methyl sites for hydroxylation is 1. The van der Waals surface area contributed by atoms with Gasteiger partial charge in [-0.25, -0.2) is 4.79 Å². The van der Waals surface area contributed by atoms with Gasteiger partial charge in [-0.15, -0.1) is 0 Å². The van der Waals surface area contributed by atoms with Gasteiger partial charge in [0.05, 0.1) is 12.0 Å². The van der Waals surface area contributed by atoms with Gasteiger partial charge in [-0.1, -0.05) is 48.8 Å². The van der Waals surface area contributed by atoms with E-state index in [1.807, 2.05) is 13.0 Å². The Hall–Kier alpha value is -3.56. The number of amides is 3. The second-order valence-corrected chi connectivity index (χ2v) is 8.28. The molecule has 3 aromatic rings. The van der Waals surface area contributed by atoms with Crippen LogP contribution in [0, 0.1) is 0 Å². The van der Waals surface area contributed by atoms with Crippen LogP contribution in [0.25, 0.3) is 11.0 Å². The molecule has 1 atom stereocenters. The highest BCUT2D eigenvalue weighted by Crippen LogP contribution is 2.38. The Morgan fingerprint density at radius 2 is 1.88 bits per heavy atom. The minimum Gasteiger partial charge on any atom is -0.493 e. The first-order valence-electron chi connectivity index (χ1n) is 11.0. The maximum absolute atomic E-state index is 13.2. The van der Waals surface area contributed by atoms with Crippen LogP contribution in [0.5, 0.6) is 5.75 Å². The van der Waals surface area contributed by atoms with Crippen molar-refractivity contribution in [1.29, 1.82) is 0 Å². The van der Waals surface area contributed by atoms with Crippen LogP contribution in [0.3, 0.4) is 0 Å². The number of fused-ring (bicyclic) bond motifs is 1. The quantitative estimate of drug-likeness (QED) is 0.365. The van der Waals surface area contributed by atoms with Crippen molar-refractivity contribution in [3.05, 3.63) is 59.3 Å². The zero-order chi connectivity index (χ0) is 24.5. The first-order valence-corrected chi connectivity index (χ1v) is 11.0. The van der Waals surface area contributed by atoms with Crippen LogP contribution < -0.4 is 10.1 Å². The molecular formula is C24H24F3N3O4. The molecule has 0 bridgehead atoms. The number of nitrogens with one attached hydrogen (secondary N) is 1. The molecule has 1 fully saturated rings. The Morgan fingerprint density at radius 1 is 1.15 bits per heavy atom. The van der Waals surface area contributed by atoms with E-state index in [2.05, 4.69) is 10.5 Å².